The van der Waals surface area contributed by atoms with E-state index in [0.29, 0.717) is 6.42 Å². The summed E-state index contributed by atoms with van der Waals surface area (Å²) in [4.78, 5) is 15.0. The molecule has 4 atom stereocenters. The maximum absolute atomic E-state index is 12.3. The van der Waals surface area contributed by atoms with Crippen LogP contribution in [0.15, 0.2) is 29.4 Å². The van der Waals surface area contributed by atoms with E-state index in [4.69, 9.17) is 35.6 Å². The highest BCUT2D eigenvalue weighted by atomic mass is 16.8. The molecule has 2 fully saturated rings. The summed E-state index contributed by atoms with van der Waals surface area (Å²) in [5.74, 6) is 1.26. The lowest BCUT2D eigenvalue weighted by Gasteiger charge is -2.24. The van der Waals surface area contributed by atoms with Crippen LogP contribution in [0.5, 0.6) is 0 Å². The van der Waals surface area contributed by atoms with Crippen molar-refractivity contribution in [3.63, 3.8) is 0 Å². The van der Waals surface area contributed by atoms with Crippen LogP contribution in [0.1, 0.15) is 31.4 Å². The minimum Gasteiger partial charge on any atom is -0.459 e. The van der Waals surface area contributed by atoms with E-state index in [1.165, 1.54) is 0 Å². The Bertz CT molecular complexity index is 845. The van der Waals surface area contributed by atoms with Crippen molar-refractivity contribution in [3.05, 3.63) is 45.8 Å². The van der Waals surface area contributed by atoms with E-state index in [9.17, 15) is 4.79 Å². The summed E-state index contributed by atoms with van der Waals surface area (Å²) >= 11 is 0. The van der Waals surface area contributed by atoms with Crippen LogP contribution in [-0.2, 0) is 41.5 Å². The first-order chi connectivity index (χ1) is 14.4. The first kappa shape index (κ1) is 22.1. The van der Waals surface area contributed by atoms with Gasteiger partial charge in [-0.1, -0.05) is 29.4 Å². The van der Waals surface area contributed by atoms with Crippen LogP contribution in [0.2, 0.25) is 0 Å². The van der Waals surface area contributed by atoms with E-state index >= 15 is 0 Å². The Morgan fingerprint density at radius 3 is 2.83 bits per heavy atom. The molecule has 0 amide bonds. The summed E-state index contributed by atoms with van der Waals surface area (Å²) in [6, 6.07) is 7.67. The molecule has 0 saturated carbocycles. The molecule has 0 bridgehead atoms. The molecule has 9 nitrogen and oxygen atoms in total. The zero-order valence-electron chi connectivity index (χ0n) is 17.0. The van der Waals surface area contributed by atoms with Gasteiger partial charge < -0.3 is 23.7 Å². The molecule has 3 rings (SSSR count). The van der Waals surface area contributed by atoms with Crippen molar-refractivity contribution >= 4 is 5.97 Å². The molecule has 2 aliphatic heterocycles. The van der Waals surface area contributed by atoms with Crippen LogP contribution in [0.25, 0.3) is 10.4 Å². The molecule has 0 spiro atoms. The van der Waals surface area contributed by atoms with Crippen molar-refractivity contribution in [2.24, 2.45) is 5.11 Å². The highest BCUT2D eigenvalue weighted by molar-refractivity contribution is 5.70. The van der Waals surface area contributed by atoms with E-state index in [-0.39, 0.29) is 19.8 Å². The second-order valence-corrected chi connectivity index (χ2v) is 7.47. The van der Waals surface area contributed by atoms with Gasteiger partial charge in [0, 0.05) is 11.3 Å². The van der Waals surface area contributed by atoms with Crippen molar-refractivity contribution in [3.8, 4) is 12.3 Å². The Balaban J connectivity index is 1.55. The number of rotatable bonds is 9. The van der Waals surface area contributed by atoms with Crippen LogP contribution >= 0.6 is 0 Å². The van der Waals surface area contributed by atoms with E-state index in [1.54, 1.807) is 13.8 Å². The number of azide groups is 1. The number of fused-ring (bicyclic) bond motifs is 1. The van der Waals surface area contributed by atoms with Gasteiger partial charge in [-0.15, -0.1) is 12.3 Å². The summed E-state index contributed by atoms with van der Waals surface area (Å²) in [6.07, 6.45) is 4.28. The van der Waals surface area contributed by atoms with Crippen LogP contribution in [-0.4, -0.2) is 49.5 Å². The number of esters is 1. The predicted octanol–water partition coefficient (Wildman–Crippen LogP) is 2.87. The van der Waals surface area contributed by atoms with Gasteiger partial charge in [-0.25, -0.2) is 4.79 Å². The third-order valence-electron chi connectivity index (χ3n) is 4.85. The molecular formula is C21H25N3O6. The van der Waals surface area contributed by atoms with Crippen LogP contribution in [0.4, 0.5) is 0 Å². The molecule has 9 heteroatoms. The minimum absolute atomic E-state index is 0.0406. The number of carbonyl (C=O) groups excluding carboxylic acids is 1. The Hall–Kier alpha value is -2.60. The SMILES string of the molecule is C#CCCc1ccccc1COC(=O)CO[C@@H]1[C@H]2OC(C)(C)O[C@H]2O[C@@H]1CN=[N+]=[N-]. The van der Waals surface area contributed by atoms with E-state index in [2.05, 4.69) is 15.9 Å². The summed E-state index contributed by atoms with van der Waals surface area (Å²) in [5.41, 5.74) is 10.5. The highest BCUT2D eigenvalue weighted by Gasteiger charge is 2.55. The van der Waals surface area contributed by atoms with Gasteiger partial charge in [0.05, 0.1) is 12.6 Å². The van der Waals surface area contributed by atoms with E-state index in [1.807, 2.05) is 24.3 Å². The molecule has 2 saturated heterocycles. The van der Waals surface area contributed by atoms with Gasteiger partial charge in [-0.2, -0.15) is 0 Å². The molecule has 1 aromatic carbocycles. The molecule has 2 aliphatic rings. The van der Waals surface area contributed by atoms with Gasteiger partial charge in [0.15, 0.2) is 12.1 Å². The highest BCUT2D eigenvalue weighted by Crippen LogP contribution is 2.38. The number of hydrogen-bond donors (Lipinski definition) is 0. The van der Waals surface area contributed by atoms with Crippen LogP contribution in [0.3, 0.4) is 0 Å². The van der Waals surface area contributed by atoms with Crippen molar-refractivity contribution in [1.82, 2.24) is 0 Å². The van der Waals surface area contributed by atoms with Gasteiger partial charge in [-0.05, 0) is 36.9 Å². The molecule has 2 heterocycles. The monoisotopic (exact) mass is 415 g/mol. The fourth-order valence-electron chi connectivity index (χ4n) is 3.53. The smallest absolute Gasteiger partial charge is 0.332 e. The molecule has 0 aromatic heterocycles. The molecule has 1 aromatic rings. The van der Waals surface area contributed by atoms with Crippen molar-refractivity contribution in [1.29, 1.82) is 0 Å². The van der Waals surface area contributed by atoms with Crippen LogP contribution < -0.4 is 0 Å². The average molecular weight is 415 g/mol. The zero-order chi connectivity index (χ0) is 21.6. The Morgan fingerprint density at radius 1 is 1.33 bits per heavy atom. The Morgan fingerprint density at radius 2 is 2.10 bits per heavy atom. The molecular weight excluding hydrogens is 390 g/mol. The number of carbonyl (C=O) groups is 1. The van der Waals surface area contributed by atoms with Crippen molar-refractivity contribution in [2.45, 2.75) is 63.7 Å². The lowest BCUT2D eigenvalue weighted by atomic mass is 10.0. The van der Waals surface area contributed by atoms with Crippen molar-refractivity contribution < 1.29 is 28.5 Å². The van der Waals surface area contributed by atoms with Gasteiger partial charge in [-0.3, -0.25) is 0 Å². The second kappa shape index (κ2) is 9.94. The quantitative estimate of drug-likeness (QED) is 0.202. The fraction of sp³-hybridized carbons (Fsp3) is 0.571. The molecule has 0 unspecified atom stereocenters. The van der Waals surface area contributed by atoms with Gasteiger partial charge in [0.1, 0.15) is 25.4 Å². The fourth-order valence-corrected chi connectivity index (χ4v) is 3.53. The first-order valence-corrected chi connectivity index (χ1v) is 9.73. The summed E-state index contributed by atoms with van der Waals surface area (Å²) < 4.78 is 28.4. The maximum Gasteiger partial charge on any atom is 0.332 e. The third-order valence-corrected chi connectivity index (χ3v) is 4.85. The lowest BCUT2D eigenvalue weighted by molar-refractivity contribution is -0.217. The minimum atomic E-state index is -0.830. The van der Waals surface area contributed by atoms with Crippen LogP contribution in [0, 0.1) is 12.3 Å². The molecule has 160 valence electrons. The number of ether oxygens (including phenoxy) is 5. The number of hydrogen-bond acceptors (Lipinski definition) is 7. The summed E-state index contributed by atoms with van der Waals surface area (Å²) in [6.45, 7) is 3.41. The topological polar surface area (TPSA) is 112 Å². The molecule has 0 radical (unpaired) electrons. The van der Waals surface area contributed by atoms with Gasteiger partial charge in [0.25, 0.3) is 0 Å². The number of nitrogens with zero attached hydrogens (tertiary/aromatic N) is 3. The number of aryl methyl sites for hydroxylation is 1. The Labute approximate surface area is 175 Å². The Kier molecular flexibility index (Phi) is 7.32. The zero-order valence-corrected chi connectivity index (χ0v) is 17.0. The second-order valence-electron chi connectivity index (χ2n) is 7.47. The molecule has 0 N–H and O–H groups in total. The first-order valence-electron chi connectivity index (χ1n) is 9.73. The number of benzene rings is 1. The van der Waals surface area contributed by atoms with Crippen molar-refractivity contribution in [2.75, 3.05) is 13.2 Å². The predicted molar refractivity (Wildman–Crippen MR) is 106 cm³/mol. The maximum atomic E-state index is 12.3. The third kappa shape index (κ3) is 5.51. The summed E-state index contributed by atoms with van der Waals surface area (Å²) in [7, 11) is 0. The average Bonchev–Trinajstić information content (AvgIpc) is 3.19. The lowest BCUT2D eigenvalue weighted by Crippen LogP contribution is -2.39. The van der Waals surface area contributed by atoms with Gasteiger partial charge >= 0.3 is 5.97 Å². The van der Waals surface area contributed by atoms with E-state index in [0.717, 1.165) is 17.5 Å². The van der Waals surface area contributed by atoms with Gasteiger partial charge in [0.2, 0.25) is 0 Å². The molecule has 0 aliphatic carbocycles. The summed E-state index contributed by atoms with van der Waals surface area (Å²) in [5, 5.41) is 3.54. The number of terminal acetylenes is 1. The standard InChI is InChI=1S/C21H25N3O6/c1-4-5-8-14-9-6-7-10-15(14)12-26-17(25)13-27-18-16(11-23-24-22)28-20-19(18)29-21(2,3)30-20/h1,6-7,9-10,16,18-20H,5,8,11-13H2,2-3H3/t16-,18+,19-,20-/m1/s1. The van der Waals surface area contributed by atoms with E-state index < -0.39 is 36.4 Å². The normalized spacial score (nSPS) is 26.4. The largest absolute Gasteiger partial charge is 0.459 e. The molecule has 30 heavy (non-hydrogen) atoms.